The van der Waals surface area contributed by atoms with E-state index in [-0.39, 0.29) is 23.8 Å². The molecule has 0 aliphatic carbocycles. The van der Waals surface area contributed by atoms with E-state index >= 15 is 0 Å². The van der Waals surface area contributed by atoms with Gasteiger partial charge in [0.15, 0.2) is 0 Å². The van der Waals surface area contributed by atoms with Crippen molar-refractivity contribution in [2.45, 2.75) is 25.8 Å². The van der Waals surface area contributed by atoms with Crippen molar-refractivity contribution < 1.29 is 9.59 Å². The van der Waals surface area contributed by atoms with Gasteiger partial charge in [0, 0.05) is 22.7 Å². The molecule has 1 N–H and O–H groups in total. The molecule has 2 atom stereocenters. The van der Waals surface area contributed by atoms with E-state index in [1.54, 1.807) is 41.7 Å². The van der Waals surface area contributed by atoms with Gasteiger partial charge in [-0.2, -0.15) is 5.26 Å². The Morgan fingerprint density at radius 1 is 1.16 bits per heavy atom. The molecule has 0 saturated carbocycles. The molecule has 0 bridgehead atoms. The van der Waals surface area contributed by atoms with E-state index < -0.39 is 5.92 Å². The maximum absolute atomic E-state index is 13.6. The van der Waals surface area contributed by atoms with Crippen LogP contribution in [-0.2, 0) is 4.79 Å². The highest BCUT2D eigenvalue weighted by molar-refractivity contribution is 7.10. The average molecular weight is 430 g/mol. The molecule has 2 amide bonds. The van der Waals surface area contributed by atoms with Gasteiger partial charge in [-0.15, -0.1) is 11.3 Å². The fourth-order valence-electron chi connectivity index (χ4n) is 4.13. The van der Waals surface area contributed by atoms with Gasteiger partial charge in [0.25, 0.3) is 5.91 Å². The van der Waals surface area contributed by atoms with Gasteiger partial charge in [0.2, 0.25) is 5.91 Å². The van der Waals surface area contributed by atoms with Gasteiger partial charge in [0.05, 0.1) is 23.6 Å². The van der Waals surface area contributed by atoms with Gasteiger partial charge < -0.3 is 10.2 Å². The third-order valence-corrected chi connectivity index (χ3v) is 6.32. The fraction of sp³-hybridized carbons (Fsp3) is 0.240. The minimum atomic E-state index is -0.558. The van der Waals surface area contributed by atoms with Crippen LogP contribution in [0.15, 0.2) is 66.0 Å². The summed E-state index contributed by atoms with van der Waals surface area (Å²) in [7, 11) is 0. The molecule has 0 fully saturated rings. The Bertz CT molecular complexity index is 1150. The summed E-state index contributed by atoms with van der Waals surface area (Å²) >= 11 is 1.55. The standard InChI is InChI=1S/C25H23N3O2S/c1-16(2)15-28-23(21-11-6-12-31-21)22(19-9-3-4-10-20(19)25(28)30)24(29)27-18-8-5-7-17(13-18)14-26/h3-13,16,22-23H,15H2,1-2H3,(H,27,29)/t22-,23+/m0/s1. The van der Waals surface area contributed by atoms with E-state index in [4.69, 9.17) is 0 Å². The van der Waals surface area contributed by atoms with Crippen molar-refractivity contribution in [3.8, 4) is 6.07 Å². The van der Waals surface area contributed by atoms with Gasteiger partial charge in [-0.1, -0.05) is 44.2 Å². The predicted molar refractivity (Wildman–Crippen MR) is 122 cm³/mol. The lowest BCUT2D eigenvalue weighted by Gasteiger charge is -2.42. The Labute approximate surface area is 185 Å². The van der Waals surface area contributed by atoms with E-state index in [0.29, 0.717) is 23.4 Å². The predicted octanol–water partition coefficient (Wildman–Crippen LogP) is 5.20. The first-order valence-corrected chi connectivity index (χ1v) is 11.1. The lowest BCUT2D eigenvalue weighted by Crippen LogP contribution is -2.47. The number of fused-ring (bicyclic) bond motifs is 1. The van der Waals surface area contributed by atoms with Gasteiger partial charge in [-0.05, 0) is 47.2 Å². The normalized spacial score (nSPS) is 17.9. The second-order valence-electron chi connectivity index (χ2n) is 8.06. The van der Waals surface area contributed by atoms with Gasteiger partial charge in [-0.3, -0.25) is 9.59 Å². The van der Waals surface area contributed by atoms with Crippen LogP contribution >= 0.6 is 11.3 Å². The Kier molecular flexibility index (Phi) is 5.88. The third-order valence-electron chi connectivity index (χ3n) is 5.38. The van der Waals surface area contributed by atoms with Gasteiger partial charge in [0.1, 0.15) is 0 Å². The molecule has 2 heterocycles. The van der Waals surface area contributed by atoms with Gasteiger partial charge in [-0.25, -0.2) is 0 Å². The third kappa shape index (κ3) is 4.10. The van der Waals surface area contributed by atoms with Crippen LogP contribution in [0.4, 0.5) is 5.69 Å². The van der Waals surface area contributed by atoms with Crippen molar-refractivity contribution in [1.29, 1.82) is 5.26 Å². The van der Waals surface area contributed by atoms with E-state index in [9.17, 15) is 14.9 Å². The number of amides is 2. The summed E-state index contributed by atoms with van der Waals surface area (Å²) in [5.41, 5.74) is 2.36. The molecule has 0 unspecified atom stereocenters. The molecular formula is C25H23N3O2S. The molecule has 4 rings (SSSR count). The molecule has 5 nitrogen and oxygen atoms in total. The second kappa shape index (κ2) is 8.75. The summed E-state index contributed by atoms with van der Waals surface area (Å²) in [5, 5.41) is 14.1. The Morgan fingerprint density at radius 3 is 2.68 bits per heavy atom. The van der Waals surface area contributed by atoms with Crippen LogP contribution < -0.4 is 5.32 Å². The highest BCUT2D eigenvalue weighted by Crippen LogP contribution is 2.44. The van der Waals surface area contributed by atoms with E-state index in [1.807, 2.05) is 40.6 Å². The molecule has 1 aliphatic rings. The molecule has 1 aromatic heterocycles. The Morgan fingerprint density at radius 2 is 1.97 bits per heavy atom. The summed E-state index contributed by atoms with van der Waals surface area (Å²) in [6.45, 7) is 4.70. The molecular weight excluding hydrogens is 406 g/mol. The smallest absolute Gasteiger partial charge is 0.254 e. The number of nitriles is 1. The second-order valence-corrected chi connectivity index (χ2v) is 9.04. The number of nitrogens with one attached hydrogen (secondary N) is 1. The monoisotopic (exact) mass is 429 g/mol. The Hall–Kier alpha value is -3.43. The zero-order chi connectivity index (χ0) is 22.0. The average Bonchev–Trinajstić information content (AvgIpc) is 3.29. The molecule has 3 aromatic rings. The number of hydrogen-bond donors (Lipinski definition) is 1. The molecule has 0 spiro atoms. The maximum Gasteiger partial charge on any atom is 0.254 e. The van der Waals surface area contributed by atoms with Crippen molar-refractivity contribution in [3.63, 3.8) is 0 Å². The number of nitrogens with zero attached hydrogens (tertiary/aromatic N) is 2. The van der Waals surface area contributed by atoms with Crippen LogP contribution in [-0.4, -0.2) is 23.3 Å². The van der Waals surface area contributed by atoms with Crippen LogP contribution in [0.5, 0.6) is 0 Å². The molecule has 0 radical (unpaired) electrons. The lowest BCUT2D eigenvalue weighted by atomic mass is 9.81. The highest BCUT2D eigenvalue weighted by atomic mass is 32.1. The minimum absolute atomic E-state index is 0.0433. The van der Waals surface area contributed by atoms with Crippen molar-refractivity contribution >= 4 is 28.8 Å². The number of rotatable bonds is 5. The lowest BCUT2D eigenvalue weighted by molar-refractivity contribution is -0.119. The highest BCUT2D eigenvalue weighted by Gasteiger charge is 2.44. The van der Waals surface area contributed by atoms with Crippen LogP contribution in [0.2, 0.25) is 0 Å². The van der Waals surface area contributed by atoms with Gasteiger partial charge >= 0.3 is 0 Å². The topological polar surface area (TPSA) is 73.2 Å². The molecule has 1 aliphatic heterocycles. The number of carbonyl (C=O) groups excluding carboxylic acids is 2. The first-order valence-electron chi connectivity index (χ1n) is 10.2. The first-order chi connectivity index (χ1) is 15.0. The maximum atomic E-state index is 13.6. The number of benzene rings is 2. The van der Waals surface area contributed by atoms with Crippen LogP contribution in [0.25, 0.3) is 0 Å². The zero-order valence-electron chi connectivity index (χ0n) is 17.4. The summed E-state index contributed by atoms with van der Waals surface area (Å²) in [6, 6.07) is 19.9. The minimum Gasteiger partial charge on any atom is -0.329 e. The largest absolute Gasteiger partial charge is 0.329 e. The quantitative estimate of drug-likeness (QED) is 0.606. The van der Waals surface area contributed by atoms with Crippen LogP contribution in [0.1, 0.15) is 52.2 Å². The molecule has 0 saturated heterocycles. The number of carbonyl (C=O) groups is 2. The molecule has 6 heteroatoms. The Balaban J connectivity index is 1.81. The van der Waals surface area contributed by atoms with Crippen LogP contribution in [0.3, 0.4) is 0 Å². The van der Waals surface area contributed by atoms with Crippen molar-refractivity contribution in [2.24, 2.45) is 5.92 Å². The molecule has 2 aromatic carbocycles. The van der Waals surface area contributed by atoms with E-state index in [2.05, 4.69) is 25.2 Å². The van der Waals surface area contributed by atoms with Crippen LogP contribution in [0, 0.1) is 17.2 Å². The first kappa shape index (κ1) is 20.8. The number of thiophene rings is 1. The van der Waals surface area contributed by atoms with E-state index in [1.165, 1.54) is 0 Å². The summed E-state index contributed by atoms with van der Waals surface area (Å²) in [6.07, 6.45) is 0. The molecule has 31 heavy (non-hydrogen) atoms. The van der Waals surface area contributed by atoms with Crippen molar-refractivity contribution in [2.75, 3.05) is 11.9 Å². The summed E-state index contributed by atoms with van der Waals surface area (Å²) in [4.78, 5) is 29.9. The SMILES string of the molecule is CC(C)CN1C(=O)c2ccccc2[C@H](C(=O)Nc2cccc(C#N)c2)[C@H]1c1cccs1. The summed E-state index contributed by atoms with van der Waals surface area (Å²) < 4.78 is 0. The zero-order valence-corrected chi connectivity index (χ0v) is 18.2. The van der Waals surface area contributed by atoms with Crippen molar-refractivity contribution in [3.05, 3.63) is 87.6 Å². The number of anilines is 1. The van der Waals surface area contributed by atoms with Crippen molar-refractivity contribution in [1.82, 2.24) is 4.90 Å². The number of hydrogen-bond acceptors (Lipinski definition) is 4. The fourth-order valence-corrected chi connectivity index (χ4v) is 5.01. The summed E-state index contributed by atoms with van der Waals surface area (Å²) in [5.74, 6) is -0.537. The van der Waals surface area contributed by atoms with E-state index in [0.717, 1.165) is 10.4 Å². The molecule has 156 valence electrons.